The van der Waals surface area contributed by atoms with Crippen molar-refractivity contribution in [2.75, 3.05) is 5.32 Å². The van der Waals surface area contributed by atoms with Crippen LogP contribution < -0.4 is 10.9 Å². The maximum atomic E-state index is 13.5. The van der Waals surface area contributed by atoms with Crippen molar-refractivity contribution in [1.29, 1.82) is 0 Å². The summed E-state index contributed by atoms with van der Waals surface area (Å²) in [6.45, 7) is 0. The molecule has 3 N–H and O–H groups in total. The minimum absolute atomic E-state index is 0.137. The van der Waals surface area contributed by atoms with E-state index in [0.29, 0.717) is 42.0 Å². The molecule has 2 heterocycles. The Morgan fingerprint density at radius 3 is 2.61 bits per heavy atom. The fourth-order valence-corrected chi connectivity index (χ4v) is 4.39. The van der Waals surface area contributed by atoms with Gasteiger partial charge in [0, 0.05) is 35.4 Å². The Hall–Kier alpha value is -4.14. The Bertz CT molecular complexity index is 1320. The summed E-state index contributed by atoms with van der Waals surface area (Å²) >= 11 is 0. The van der Waals surface area contributed by atoms with E-state index in [1.165, 1.54) is 22.9 Å². The van der Waals surface area contributed by atoms with Gasteiger partial charge in [0.15, 0.2) is 5.78 Å². The summed E-state index contributed by atoms with van der Waals surface area (Å²) < 4.78 is 1.36. The van der Waals surface area contributed by atoms with Crippen LogP contribution in [0.15, 0.2) is 64.6 Å². The highest BCUT2D eigenvalue weighted by Crippen LogP contribution is 2.46. The molecule has 0 saturated heterocycles. The first-order valence-electron chi connectivity index (χ1n) is 9.86. The van der Waals surface area contributed by atoms with Crippen molar-refractivity contribution < 1.29 is 14.8 Å². The number of aromatic nitrogens is 2. The Morgan fingerprint density at radius 1 is 1.10 bits per heavy atom. The van der Waals surface area contributed by atoms with Crippen molar-refractivity contribution in [3.05, 3.63) is 91.4 Å². The first kappa shape index (κ1) is 18.9. The predicted octanol–water partition coefficient (Wildman–Crippen LogP) is 3.34. The van der Waals surface area contributed by atoms with Crippen LogP contribution in [0.3, 0.4) is 0 Å². The van der Waals surface area contributed by atoms with Crippen molar-refractivity contribution in [1.82, 2.24) is 9.78 Å². The zero-order chi connectivity index (χ0) is 21.7. The number of Topliss-reactive ketones (excluding diaryl/α,β-unsaturated/α-hetero) is 1. The van der Waals surface area contributed by atoms with Crippen LogP contribution in [0.1, 0.15) is 36.3 Å². The van der Waals surface area contributed by atoms with E-state index in [1.807, 2.05) is 6.07 Å². The van der Waals surface area contributed by atoms with Crippen LogP contribution >= 0.6 is 0 Å². The number of ketones is 1. The number of nitro benzene ring substituents is 1. The summed E-state index contributed by atoms with van der Waals surface area (Å²) in [5.74, 6) is -0.839. The summed E-state index contributed by atoms with van der Waals surface area (Å²) in [6.07, 6.45) is 1.59. The molecule has 0 radical (unpaired) electrons. The van der Waals surface area contributed by atoms with Gasteiger partial charge < -0.3 is 10.4 Å². The average molecular weight is 418 g/mol. The van der Waals surface area contributed by atoms with Gasteiger partial charge in [0.05, 0.1) is 22.1 Å². The summed E-state index contributed by atoms with van der Waals surface area (Å²) in [4.78, 5) is 37.1. The zero-order valence-corrected chi connectivity index (χ0v) is 16.3. The summed E-state index contributed by atoms with van der Waals surface area (Å²) in [7, 11) is 0. The van der Waals surface area contributed by atoms with E-state index < -0.39 is 16.4 Å². The topological polar surface area (TPSA) is 130 Å². The van der Waals surface area contributed by atoms with Gasteiger partial charge in [-0.25, -0.2) is 4.68 Å². The van der Waals surface area contributed by atoms with Crippen molar-refractivity contribution in [3.8, 4) is 11.4 Å². The lowest BCUT2D eigenvalue weighted by Crippen LogP contribution is -2.30. The van der Waals surface area contributed by atoms with E-state index in [1.54, 1.807) is 24.3 Å². The Balaban J connectivity index is 1.79. The average Bonchev–Trinajstić information content (AvgIpc) is 3.09. The van der Waals surface area contributed by atoms with Crippen LogP contribution in [0.25, 0.3) is 5.69 Å². The van der Waals surface area contributed by atoms with Crippen LogP contribution in [-0.2, 0) is 4.79 Å². The van der Waals surface area contributed by atoms with Gasteiger partial charge >= 0.3 is 0 Å². The number of carbonyl (C=O) groups excluding carboxylic acids is 1. The number of fused-ring (bicyclic) bond motifs is 1. The SMILES string of the molecule is O=C1CCCC2=C1[C@H](c1cc([N+](=O)[O-])ccc1O)c1c([nH]n(-c3ccccc3)c1=O)N2. The number of aromatic amines is 1. The van der Waals surface area contributed by atoms with E-state index in [-0.39, 0.29) is 28.3 Å². The quantitative estimate of drug-likeness (QED) is 0.442. The van der Waals surface area contributed by atoms with Crippen molar-refractivity contribution in [3.63, 3.8) is 0 Å². The standard InChI is InChI=1S/C22H18N4O5/c27-16-10-9-13(26(30)31)11-14(16)18-19-15(7-4-8-17(19)28)23-21-20(18)22(29)25(24-21)12-5-2-1-3-6-12/h1-3,5-6,9-11,18,23-24,27H,4,7-8H2/t18-/m0/s1. The second-order valence-corrected chi connectivity index (χ2v) is 7.60. The third-order valence-electron chi connectivity index (χ3n) is 5.78. The Kier molecular flexibility index (Phi) is 4.25. The smallest absolute Gasteiger partial charge is 0.277 e. The molecule has 9 nitrogen and oxygen atoms in total. The molecule has 0 spiro atoms. The van der Waals surface area contributed by atoms with Crippen LogP contribution in [0.5, 0.6) is 5.75 Å². The van der Waals surface area contributed by atoms with E-state index in [0.717, 1.165) is 0 Å². The highest BCUT2D eigenvalue weighted by molar-refractivity contribution is 6.01. The number of phenols is 1. The molecule has 9 heteroatoms. The minimum atomic E-state index is -0.910. The number of aromatic hydroxyl groups is 1. The number of nitro groups is 1. The van der Waals surface area contributed by atoms with E-state index in [9.17, 15) is 24.8 Å². The highest BCUT2D eigenvalue weighted by Gasteiger charge is 2.40. The first-order valence-corrected chi connectivity index (χ1v) is 9.86. The minimum Gasteiger partial charge on any atom is -0.508 e. The van der Waals surface area contributed by atoms with Crippen molar-refractivity contribution in [2.24, 2.45) is 0 Å². The molecule has 0 bridgehead atoms. The number of phenolic OH excluding ortho intramolecular Hbond substituents is 1. The van der Waals surface area contributed by atoms with Gasteiger partial charge in [-0.3, -0.25) is 24.8 Å². The van der Waals surface area contributed by atoms with Gasteiger partial charge in [0.2, 0.25) is 0 Å². The van der Waals surface area contributed by atoms with Gasteiger partial charge in [0.25, 0.3) is 11.2 Å². The molecule has 1 atom stereocenters. The summed E-state index contributed by atoms with van der Waals surface area (Å²) in [6, 6.07) is 12.6. The number of non-ortho nitro benzene ring substituents is 1. The number of anilines is 1. The molecular formula is C22H18N4O5. The molecule has 0 saturated carbocycles. The number of H-pyrrole nitrogens is 1. The Morgan fingerprint density at radius 2 is 1.87 bits per heavy atom. The lowest BCUT2D eigenvalue weighted by atomic mass is 9.76. The van der Waals surface area contributed by atoms with Gasteiger partial charge in [-0.05, 0) is 31.0 Å². The molecule has 156 valence electrons. The number of carbonyl (C=O) groups is 1. The zero-order valence-electron chi connectivity index (χ0n) is 16.3. The second kappa shape index (κ2) is 6.98. The number of allylic oxidation sites excluding steroid dienone is 2. The van der Waals surface area contributed by atoms with Gasteiger partial charge in [-0.1, -0.05) is 18.2 Å². The number of nitrogens with one attached hydrogen (secondary N) is 2. The fourth-order valence-electron chi connectivity index (χ4n) is 4.39. The first-order chi connectivity index (χ1) is 15.0. The third kappa shape index (κ3) is 2.93. The molecule has 2 aromatic carbocycles. The molecule has 2 aliphatic rings. The Labute approximate surface area is 175 Å². The molecule has 0 unspecified atom stereocenters. The number of para-hydroxylation sites is 1. The second-order valence-electron chi connectivity index (χ2n) is 7.60. The predicted molar refractivity (Wildman–Crippen MR) is 113 cm³/mol. The van der Waals surface area contributed by atoms with E-state index >= 15 is 0 Å². The van der Waals surface area contributed by atoms with Crippen LogP contribution in [0, 0.1) is 10.1 Å². The summed E-state index contributed by atoms with van der Waals surface area (Å²) in [5, 5.41) is 28.2. The molecule has 1 aliphatic carbocycles. The molecule has 1 aromatic heterocycles. The number of benzene rings is 2. The van der Waals surface area contributed by atoms with Crippen LogP contribution in [0.4, 0.5) is 11.5 Å². The number of nitrogens with zero attached hydrogens (tertiary/aromatic N) is 2. The normalized spacial score (nSPS) is 17.7. The maximum Gasteiger partial charge on any atom is 0.277 e. The monoisotopic (exact) mass is 418 g/mol. The van der Waals surface area contributed by atoms with Crippen LogP contribution in [-0.4, -0.2) is 25.6 Å². The molecular weight excluding hydrogens is 400 g/mol. The number of hydrogen-bond acceptors (Lipinski definition) is 6. The van der Waals surface area contributed by atoms with Crippen LogP contribution in [0.2, 0.25) is 0 Å². The van der Waals surface area contributed by atoms with Gasteiger partial charge in [-0.2, -0.15) is 0 Å². The van der Waals surface area contributed by atoms with Crippen molar-refractivity contribution in [2.45, 2.75) is 25.2 Å². The molecule has 0 fully saturated rings. The van der Waals surface area contributed by atoms with Crippen molar-refractivity contribution >= 4 is 17.3 Å². The molecule has 3 aromatic rings. The lowest BCUT2D eigenvalue weighted by Gasteiger charge is -2.31. The van der Waals surface area contributed by atoms with E-state index in [4.69, 9.17) is 0 Å². The molecule has 0 amide bonds. The highest BCUT2D eigenvalue weighted by atomic mass is 16.6. The lowest BCUT2D eigenvalue weighted by molar-refractivity contribution is -0.384. The van der Waals surface area contributed by atoms with Gasteiger partial charge in [-0.15, -0.1) is 0 Å². The molecule has 5 rings (SSSR count). The van der Waals surface area contributed by atoms with Gasteiger partial charge in [0.1, 0.15) is 11.6 Å². The third-order valence-corrected chi connectivity index (χ3v) is 5.78. The fraction of sp³-hybridized carbons (Fsp3) is 0.182. The molecule has 31 heavy (non-hydrogen) atoms. The molecule has 1 aliphatic heterocycles. The van der Waals surface area contributed by atoms with E-state index in [2.05, 4.69) is 10.4 Å². The maximum absolute atomic E-state index is 13.5. The summed E-state index contributed by atoms with van der Waals surface area (Å²) in [5.41, 5.74) is 1.44. The number of hydrogen-bond donors (Lipinski definition) is 3. The largest absolute Gasteiger partial charge is 0.508 e. The number of rotatable bonds is 3.